The molecular weight excluding hydrogens is 484 g/mol. The summed E-state index contributed by atoms with van der Waals surface area (Å²) in [5.41, 5.74) is 2.58. The number of rotatable bonds is 8. The Hall–Kier alpha value is -4.23. The van der Waals surface area contributed by atoms with Crippen LogP contribution in [0, 0.1) is 0 Å². The summed E-state index contributed by atoms with van der Waals surface area (Å²) < 4.78 is 38.5. The van der Waals surface area contributed by atoms with Crippen molar-refractivity contribution in [2.24, 2.45) is 9.98 Å². The molecule has 0 saturated heterocycles. The molecule has 0 spiro atoms. The molecule has 0 aromatic heterocycles. The zero-order chi connectivity index (χ0) is 26.1. The van der Waals surface area contributed by atoms with Gasteiger partial charge in [0.25, 0.3) is 0 Å². The molecule has 0 saturated carbocycles. The number of ether oxygens (including phenoxy) is 2. The van der Waals surface area contributed by atoms with Crippen LogP contribution in [-0.2, 0) is 19.3 Å². The number of hydrogen-bond acceptors (Lipinski definition) is 6. The molecule has 6 nitrogen and oxygen atoms in total. The fourth-order valence-electron chi connectivity index (χ4n) is 3.61. The molecule has 4 aromatic carbocycles. The molecule has 0 radical (unpaired) electrons. The number of nitrogens with zero attached hydrogens (tertiary/aromatic N) is 2. The molecule has 0 aliphatic rings. The van der Waals surface area contributed by atoms with Gasteiger partial charge in [-0.2, -0.15) is 0 Å². The molecule has 0 bridgehead atoms. The highest BCUT2D eigenvalue weighted by Gasteiger charge is 2.19. The number of aliphatic imine (C=N–C) groups is 2. The predicted octanol–water partition coefficient (Wildman–Crippen LogP) is 6.75. The van der Waals surface area contributed by atoms with E-state index in [0.29, 0.717) is 36.4 Å². The van der Waals surface area contributed by atoms with Crippen LogP contribution in [-0.4, -0.2) is 33.4 Å². The fraction of sp³-hybridized carbons (Fsp3) is 0.133. The fourth-order valence-corrected chi connectivity index (χ4v) is 4.95. The standard InChI is InChI=1S/C30H28N2O4S/c1-3-35-29(23-13-7-5-8-14-23)31-25-17-11-19-27(21-25)37(33,34)28-20-12-18-26(22-28)32-30(36-4-2)24-15-9-6-10-16-24/h5-22H,3-4H2,1-2H3. The first-order valence-corrected chi connectivity index (χ1v) is 13.5. The van der Waals surface area contributed by atoms with Crippen LogP contribution in [0.1, 0.15) is 25.0 Å². The lowest BCUT2D eigenvalue weighted by Crippen LogP contribution is -2.06. The maximum atomic E-state index is 13.5. The molecule has 0 amide bonds. The van der Waals surface area contributed by atoms with Gasteiger partial charge in [0, 0.05) is 11.1 Å². The minimum Gasteiger partial charge on any atom is -0.478 e. The maximum absolute atomic E-state index is 13.5. The van der Waals surface area contributed by atoms with Crippen LogP contribution >= 0.6 is 0 Å². The first-order valence-electron chi connectivity index (χ1n) is 12.0. The first-order chi connectivity index (χ1) is 18.0. The second kappa shape index (κ2) is 12.1. The summed E-state index contributed by atoms with van der Waals surface area (Å²) in [5.74, 6) is 0.858. The van der Waals surface area contributed by atoms with Gasteiger partial charge in [-0.15, -0.1) is 0 Å². The third-order valence-electron chi connectivity index (χ3n) is 5.32. The highest BCUT2D eigenvalue weighted by molar-refractivity contribution is 7.91. The van der Waals surface area contributed by atoms with Gasteiger partial charge in [-0.3, -0.25) is 0 Å². The quantitative estimate of drug-likeness (QED) is 0.193. The minimum absolute atomic E-state index is 0.131. The van der Waals surface area contributed by atoms with Crippen molar-refractivity contribution in [1.29, 1.82) is 0 Å². The molecule has 4 aromatic rings. The lowest BCUT2D eigenvalue weighted by molar-refractivity contribution is 0.328. The zero-order valence-electron chi connectivity index (χ0n) is 20.7. The van der Waals surface area contributed by atoms with Crippen LogP contribution in [0.4, 0.5) is 11.4 Å². The van der Waals surface area contributed by atoms with Gasteiger partial charge in [-0.05, 0) is 74.5 Å². The van der Waals surface area contributed by atoms with Gasteiger partial charge in [-0.25, -0.2) is 18.4 Å². The Balaban J connectivity index is 1.69. The average molecular weight is 513 g/mol. The Morgan fingerprint density at radius 2 is 1.00 bits per heavy atom. The van der Waals surface area contributed by atoms with Crippen LogP contribution in [0.25, 0.3) is 0 Å². The molecule has 37 heavy (non-hydrogen) atoms. The van der Waals surface area contributed by atoms with Crippen molar-refractivity contribution in [3.05, 3.63) is 120 Å². The summed E-state index contributed by atoms with van der Waals surface area (Å²) in [6.07, 6.45) is 0. The van der Waals surface area contributed by atoms with E-state index in [4.69, 9.17) is 9.47 Å². The van der Waals surface area contributed by atoms with Crippen molar-refractivity contribution in [2.75, 3.05) is 13.2 Å². The van der Waals surface area contributed by atoms with Crippen LogP contribution in [0.2, 0.25) is 0 Å². The summed E-state index contributed by atoms with van der Waals surface area (Å²) in [6, 6.07) is 32.0. The van der Waals surface area contributed by atoms with Gasteiger partial charge in [0.1, 0.15) is 0 Å². The van der Waals surface area contributed by atoms with Crippen LogP contribution < -0.4 is 0 Å². The Morgan fingerprint density at radius 3 is 1.38 bits per heavy atom. The van der Waals surface area contributed by atoms with Crippen molar-refractivity contribution in [3.8, 4) is 0 Å². The predicted molar refractivity (Wildman–Crippen MR) is 147 cm³/mol. The van der Waals surface area contributed by atoms with E-state index in [1.807, 2.05) is 74.5 Å². The van der Waals surface area contributed by atoms with Gasteiger partial charge >= 0.3 is 0 Å². The molecule has 0 fully saturated rings. The Morgan fingerprint density at radius 1 is 0.595 bits per heavy atom. The third kappa shape index (κ3) is 6.51. The molecule has 0 heterocycles. The zero-order valence-corrected chi connectivity index (χ0v) is 21.6. The van der Waals surface area contributed by atoms with E-state index < -0.39 is 9.84 Å². The largest absolute Gasteiger partial charge is 0.478 e. The smallest absolute Gasteiger partial charge is 0.221 e. The minimum atomic E-state index is -3.83. The molecular formula is C30H28N2O4S. The molecule has 0 aliphatic carbocycles. The highest BCUT2D eigenvalue weighted by Crippen LogP contribution is 2.28. The summed E-state index contributed by atoms with van der Waals surface area (Å²) in [4.78, 5) is 9.44. The first kappa shape index (κ1) is 25.9. The highest BCUT2D eigenvalue weighted by atomic mass is 32.2. The SMILES string of the molecule is CCOC(=Nc1cccc(S(=O)(=O)c2cccc(N=C(OCC)c3ccccc3)c2)c1)c1ccccc1. The van der Waals surface area contributed by atoms with E-state index in [2.05, 4.69) is 9.98 Å². The maximum Gasteiger partial charge on any atom is 0.221 e. The van der Waals surface area contributed by atoms with Gasteiger partial charge in [0.05, 0.1) is 34.4 Å². The van der Waals surface area contributed by atoms with E-state index in [0.717, 1.165) is 11.1 Å². The Labute approximate surface area is 217 Å². The lowest BCUT2D eigenvalue weighted by atomic mass is 10.2. The van der Waals surface area contributed by atoms with E-state index in [1.54, 1.807) is 48.5 Å². The average Bonchev–Trinajstić information content (AvgIpc) is 2.94. The lowest BCUT2D eigenvalue weighted by Gasteiger charge is -2.10. The number of hydrogen-bond donors (Lipinski definition) is 0. The summed E-state index contributed by atoms with van der Waals surface area (Å²) >= 11 is 0. The summed E-state index contributed by atoms with van der Waals surface area (Å²) in [6.45, 7) is 4.63. The van der Waals surface area contributed by atoms with Crippen molar-refractivity contribution >= 4 is 33.0 Å². The van der Waals surface area contributed by atoms with Crippen molar-refractivity contribution in [1.82, 2.24) is 0 Å². The Bertz CT molecular complexity index is 1390. The summed E-state index contributed by atoms with van der Waals surface area (Å²) in [5, 5.41) is 0. The monoisotopic (exact) mass is 512 g/mol. The van der Waals surface area contributed by atoms with Crippen LogP contribution in [0.15, 0.2) is 129 Å². The Kier molecular flexibility index (Phi) is 8.48. The molecule has 0 N–H and O–H groups in total. The van der Waals surface area contributed by atoms with Gasteiger partial charge in [-0.1, -0.05) is 48.5 Å². The van der Waals surface area contributed by atoms with Crippen LogP contribution in [0.5, 0.6) is 0 Å². The molecule has 0 atom stereocenters. The normalized spacial score (nSPS) is 12.3. The second-order valence-electron chi connectivity index (χ2n) is 7.93. The van der Waals surface area contributed by atoms with Crippen molar-refractivity contribution in [3.63, 3.8) is 0 Å². The molecule has 0 unspecified atom stereocenters. The second-order valence-corrected chi connectivity index (χ2v) is 9.88. The van der Waals surface area contributed by atoms with Gasteiger partial charge < -0.3 is 9.47 Å². The van der Waals surface area contributed by atoms with Crippen LogP contribution in [0.3, 0.4) is 0 Å². The number of benzene rings is 4. The third-order valence-corrected chi connectivity index (χ3v) is 7.07. The van der Waals surface area contributed by atoms with Crippen molar-refractivity contribution < 1.29 is 17.9 Å². The van der Waals surface area contributed by atoms with Crippen molar-refractivity contribution in [2.45, 2.75) is 23.6 Å². The van der Waals surface area contributed by atoms with Gasteiger partial charge in [0.15, 0.2) is 0 Å². The van der Waals surface area contributed by atoms with E-state index >= 15 is 0 Å². The van der Waals surface area contributed by atoms with E-state index in [1.165, 1.54) is 0 Å². The van der Waals surface area contributed by atoms with E-state index in [9.17, 15) is 8.42 Å². The van der Waals surface area contributed by atoms with E-state index in [-0.39, 0.29) is 9.79 Å². The summed E-state index contributed by atoms with van der Waals surface area (Å²) in [7, 11) is -3.83. The molecule has 188 valence electrons. The molecule has 4 rings (SSSR count). The molecule has 0 aliphatic heterocycles. The number of sulfone groups is 1. The topological polar surface area (TPSA) is 77.3 Å². The van der Waals surface area contributed by atoms with Gasteiger partial charge in [0.2, 0.25) is 21.6 Å². The molecule has 7 heteroatoms.